The average molecular weight is 366 g/mol. The van der Waals surface area contributed by atoms with Crippen molar-refractivity contribution in [2.45, 2.75) is 6.61 Å². The van der Waals surface area contributed by atoms with Gasteiger partial charge in [0.05, 0.1) is 7.11 Å². The van der Waals surface area contributed by atoms with E-state index in [4.69, 9.17) is 9.47 Å². The molecule has 0 aliphatic heterocycles. The Balaban J connectivity index is 1.70. The fourth-order valence-corrected chi connectivity index (χ4v) is 3.45. The second kappa shape index (κ2) is 7.61. The lowest BCUT2D eigenvalue weighted by Crippen LogP contribution is -1.99. The Morgan fingerprint density at radius 2 is 1.68 bits per heavy atom. The van der Waals surface area contributed by atoms with Gasteiger partial charge in [0.25, 0.3) is 0 Å². The molecule has 0 aromatic heterocycles. The van der Waals surface area contributed by atoms with Gasteiger partial charge in [-0.2, -0.15) is 0 Å². The zero-order chi connectivity index (χ0) is 19.5. The van der Waals surface area contributed by atoms with Gasteiger partial charge in [0.1, 0.15) is 18.1 Å². The molecule has 2 nitrogen and oxygen atoms in total. The van der Waals surface area contributed by atoms with E-state index in [0.717, 1.165) is 49.7 Å². The zero-order valence-corrected chi connectivity index (χ0v) is 15.9. The van der Waals surface area contributed by atoms with Crippen molar-refractivity contribution in [1.29, 1.82) is 0 Å². The van der Waals surface area contributed by atoms with Gasteiger partial charge in [0.15, 0.2) is 0 Å². The molecule has 0 atom stereocenters. The summed E-state index contributed by atoms with van der Waals surface area (Å²) >= 11 is 0. The van der Waals surface area contributed by atoms with Crippen LogP contribution in [0.2, 0.25) is 0 Å². The largest absolute Gasteiger partial charge is 0.497 e. The minimum Gasteiger partial charge on any atom is -0.497 e. The van der Waals surface area contributed by atoms with E-state index in [9.17, 15) is 0 Å². The van der Waals surface area contributed by atoms with E-state index in [1.165, 1.54) is 0 Å². The second-order valence-corrected chi connectivity index (χ2v) is 6.70. The van der Waals surface area contributed by atoms with Gasteiger partial charge in [-0.1, -0.05) is 55.6 Å². The van der Waals surface area contributed by atoms with Gasteiger partial charge in [-0.05, 0) is 69.2 Å². The molecule has 0 N–H and O–H groups in total. The van der Waals surface area contributed by atoms with Crippen molar-refractivity contribution in [3.63, 3.8) is 0 Å². The van der Waals surface area contributed by atoms with Gasteiger partial charge >= 0.3 is 0 Å². The van der Waals surface area contributed by atoms with Gasteiger partial charge in [-0.15, -0.1) is 0 Å². The number of hydrogen-bond donors (Lipinski definition) is 0. The maximum Gasteiger partial charge on any atom is 0.127 e. The highest BCUT2D eigenvalue weighted by atomic mass is 16.5. The van der Waals surface area contributed by atoms with Crippen LogP contribution in [0.1, 0.15) is 16.7 Å². The lowest BCUT2D eigenvalue weighted by atomic mass is 10.0. The van der Waals surface area contributed by atoms with Crippen LogP contribution in [0, 0.1) is 0 Å². The fourth-order valence-electron chi connectivity index (χ4n) is 3.45. The smallest absolute Gasteiger partial charge is 0.127 e. The van der Waals surface area contributed by atoms with Crippen molar-refractivity contribution in [2.24, 2.45) is 0 Å². The predicted molar refractivity (Wildman–Crippen MR) is 119 cm³/mol. The molecule has 4 aromatic carbocycles. The number of fused-ring (bicyclic) bond motifs is 2. The van der Waals surface area contributed by atoms with Gasteiger partial charge in [0, 0.05) is 5.39 Å². The zero-order valence-electron chi connectivity index (χ0n) is 15.9. The van der Waals surface area contributed by atoms with Crippen molar-refractivity contribution >= 4 is 33.7 Å². The average Bonchev–Trinajstić information content (AvgIpc) is 2.76. The summed E-state index contributed by atoms with van der Waals surface area (Å²) in [6.07, 6.45) is 3.72. The van der Waals surface area contributed by atoms with Gasteiger partial charge < -0.3 is 9.47 Å². The van der Waals surface area contributed by atoms with E-state index >= 15 is 0 Å². The van der Waals surface area contributed by atoms with Crippen LogP contribution in [0.3, 0.4) is 0 Å². The van der Waals surface area contributed by atoms with E-state index in [1.54, 1.807) is 7.11 Å². The van der Waals surface area contributed by atoms with E-state index in [1.807, 2.05) is 36.4 Å². The molecule has 28 heavy (non-hydrogen) atoms. The Morgan fingerprint density at radius 3 is 2.46 bits per heavy atom. The lowest BCUT2D eigenvalue weighted by Gasteiger charge is -2.13. The first-order valence-corrected chi connectivity index (χ1v) is 9.23. The number of rotatable bonds is 6. The molecule has 0 spiro atoms. The van der Waals surface area contributed by atoms with Gasteiger partial charge in [0.2, 0.25) is 0 Å². The first kappa shape index (κ1) is 17.9. The summed E-state index contributed by atoms with van der Waals surface area (Å²) in [5, 5.41) is 4.51. The van der Waals surface area contributed by atoms with Crippen LogP contribution in [0.4, 0.5) is 0 Å². The second-order valence-electron chi connectivity index (χ2n) is 6.70. The normalized spacial score (nSPS) is 10.8. The van der Waals surface area contributed by atoms with Crippen LogP contribution in [0.5, 0.6) is 11.5 Å². The summed E-state index contributed by atoms with van der Waals surface area (Å²) in [5.74, 6) is 1.71. The molecule has 0 aliphatic carbocycles. The van der Waals surface area contributed by atoms with Crippen LogP contribution in [-0.2, 0) is 6.61 Å². The summed E-state index contributed by atoms with van der Waals surface area (Å²) in [5.41, 5.74) is 3.24. The van der Waals surface area contributed by atoms with Crippen molar-refractivity contribution in [3.05, 3.63) is 96.6 Å². The topological polar surface area (TPSA) is 18.5 Å². The summed E-state index contributed by atoms with van der Waals surface area (Å²) < 4.78 is 11.6. The summed E-state index contributed by atoms with van der Waals surface area (Å²) in [6.45, 7) is 8.31. The van der Waals surface area contributed by atoms with Crippen LogP contribution in [0.25, 0.3) is 33.7 Å². The van der Waals surface area contributed by atoms with E-state index in [2.05, 4.69) is 55.6 Å². The summed E-state index contributed by atoms with van der Waals surface area (Å²) in [7, 11) is 1.68. The molecule has 0 unspecified atom stereocenters. The van der Waals surface area contributed by atoms with E-state index in [-0.39, 0.29) is 0 Å². The Labute approximate surface area is 165 Å². The maximum atomic E-state index is 6.23. The molecular formula is C26H22O2. The summed E-state index contributed by atoms with van der Waals surface area (Å²) in [6, 6.07) is 22.8. The Hall–Kier alpha value is -3.52. The highest BCUT2D eigenvalue weighted by molar-refractivity contribution is 5.90. The highest BCUT2D eigenvalue weighted by Crippen LogP contribution is 2.30. The number of benzene rings is 4. The van der Waals surface area contributed by atoms with Crippen molar-refractivity contribution in [1.82, 2.24) is 0 Å². The van der Waals surface area contributed by atoms with Crippen LogP contribution >= 0.6 is 0 Å². The Kier molecular flexibility index (Phi) is 4.86. The molecule has 2 heteroatoms. The number of hydrogen-bond acceptors (Lipinski definition) is 2. The van der Waals surface area contributed by atoms with Crippen molar-refractivity contribution < 1.29 is 9.47 Å². The molecule has 4 aromatic rings. The minimum absolute atomic E-state index is 0.473. The third-order valence-electron chi connectivity index (χ3n) is 5.01. The van der Waals surface area contributed by atoms with Crippen LogP contribution in [0.15, 0.2) is 79.9 Å². The lowest BCUT2D eigenvalue weighted by molar-refractivity contribution is 0.310. The minimum atomic E-state index is 0.473. The predicted octanol–water partition coefficient (Wildman–Crippen LogP) is 6.87. The first-order valence-electron chi connectivity index (χ1n) is 9.23. The molecular weight excluding hydrogens is 344 g/mol. The van der Waals surface area contributed by atoms with E-state index in [0.29, 0.717) is 6.61 Å². The monoisotopic (exact) mass is 366 g/mol. The SMILES string of the molecule is C=Cc1ccc2cccc(OCc3cc4ccc(OC)cc4cc3C=C)c2c1. The van der Waals surface area contributed by atoms with Crippen LogP contribution < -0.4 is 9.47 Å². The Morgan fingerprint density at radius 1 is 0.821 bits per heavy atom. The molecule has 0 radical (unpaired) electrons. The van der Waals surface area contributed by atoms with Crippen LogP contribution in [-0.4, -0.2) is 7.11 Å². The molecule has 0 saturated heterocycles. The van der Waals surface area contributed by atoms with E-state index < -0.39 is 0 Å². The fraction of sp³-hybridized carbons (Fsp3) is 0.0769. The molecule has 0 aliphatic rings. The van der Waals surface area contributed by atoms with Gasteiger partial charge in [-0.25, -0.2) is 0 Å². The summed E-state index contributed by atoms with van der Waals surface area (Å²) in [4.78, 5) is 0. The standard InChI is InChI=1S/C26H22O2/c1-4-18-9-10-20-7-6-8-26(25(20)13-18)28-17-23-15-21-11-12-24(27-3)16-22(21)14-19(23)5-2/h4-16H,1-2,17H2,3H3. The highest BCUT2D eigenvalue weighted by Gasteiger charge is 2.08. The molecule has 0 amide bonds. The third kappa shape index (κ3) is 3.37. The molecule has 0 saturated carbocycles. The molecule has 0 bridgehead atoms. The molecule has 0 fully saturated rings. The van der Waals surface area contributed by atoms with Gasteiger partial charge in [-0.3, -0.25) is 0 Å². The van der Waals surface area contributed by atoms with Crippen molar-refractivity contribution in [3.8, 4) is 11.5 Å². The number of methoxy groups -OCH3 is 1. The molecule has 138 valence electrons. The molecule has 0 heterocycles. The number of ether oxygens (including phenoxy) is 2. The van der Waals surface area contributed by atoms with Crippen molar-refractivity contribution in [2.75, 3.05) is 7.11 Å². The maximum absolute atomic E-state index is 6.23. The third-order valence-corrected chi connectivity index (χ3v) is 5.01. The molecule has 4 rings (SSSR count). The quantitative estimate of drug-likeness (QED) is 0.371. The first-order chi connectivity index (χ1) is 13.7. The Bertz CT molecular complexity index is 1190.